The van der Waals surface area contributed by atoms with Gasteiger partial charge in [-0.05, 0) is 0 Å². The molecular weight excluding hydrogens is 1530 g/mol. The van der Waals surface area contributed by atoms with Gasteiger partial charge in [-0.15, -0.1) is 165 Å². The number of halogens is 4. The first-order chi connectivity index (χ1) is 49.2. The van der Waals surface area contributed by atoms with Gasteiger partial charge in [0.1, 0.15) is 0 Å². The van der Waals surface area contributed by atoms with Crippen molar-refractivity contribution in [1.29, 1.82) is 0 Å². The molecule has 0 aromatic heterocycles. The number of hydrogen-bond donors (Lipinski definition) is 0. The molecule has 0 amide bonds. The minimum Gasteiger partial charge on any atom is -0.147 e. The first-order valence-corrected chi connectivity index (χ1v) is 46.4. The molecule has 0 aliphatic carbocycles. The van der Waals surface area contributed by atoms with Crippen molar-refractivity contribution in [2.75, 3.05) is 0 Å². The van der Waals surface area contributed by atoms with Crippen LogP contribution in [-0.4, -0.2) is 10.9 Å². The molecule has 0 saturated carbocycles. The van der Waals surface area contributed by atoms with Crippen LogP contribution in [0.3, 0.4) is 0 Å². The van der Waals surface area contributed by atoms with Crippen LogP contribution in [-0.2, 0) is 46.7 Å². The van der Waals surface area contributed by atoms with Crippen LogP contribution in [0.4, 0.5) is 0 Å². The Bertz CT molecular complexity index is 4360. The molecule has 0 N–H and O–H groups in total. The molecule has 16 aromatic carbocycles. The van der Waals surface area contributed by atoms with E-state index in [1.54, 1.807) is 46.7 Å². The molecule has 0 heterocycles. The molecule has 0 aliphatic heterocycles. The van der Waals surface area contributed by atoms with Crippen LogP contribution in [0.1, 0.15) is 0 Å². The van der Waals surface area contributed by atoms with E-state index in [1.165, 1.54) is 134 Å². The molecule has 0 aliphatic rings. The van der Waals surface area contributed by atoms with E-state index in [2.05, 4.69) is 439 Å². The molecule has 0 atom stereocenters. The van der Waals surface area contributed by atoms with E-state index in [4.69, 9.17) is 0 Å². The van der Waals surface area contributed by atoms with Crippen molar-refractivity contribution in [2.24, 2.45) is 0 Å². The van der Waals surface area contributed by atoms with E-state index in [-0.39, 0.29) is 60.5 Å². The fraction of sp³-hybridized carbons (Fsp3) is 0.0417. The van der Waals surface area contributed by atoms with Crippen molar-refractivity contribution in [3.05, 3.63) is 413 Å². The zero-order valence-corrected chi connectivity index (χ0v) is 69.1. The van der Waals surface area contributed by atoms with Crippen molar-refractivity contribution < 1.29 is 46.7 Å². The molecule has 16 rings (SSSR count). The molecule has 512 valence electrons. The van der Waals surface area contributed by atoms with E-state index in [9.17, 15) is 0 Å². The van der Waals surface area contributed by atoms with Crippen LogP contribution in [0.25, 0.3) is 134 Å². The summed E-state index contributed by atoms with van der Waals surface area (Å²) in [6.07, 6.45) is 0. The molecule has 16 aromatic rings. The largest absolute Gasteiger partial charge is 0.147 e. The minimum absolute atomic E-state index is 0. The predicted octanol–water partition coefficient (Wildman–Crippen LogP) is 28.9. The Kier molecular flexibility index (Phi) is 34.7. The fourth-order valence-electron chi connectivity index (χ4n) is 12.3. The van der Waals surface area contributed by atoms with Gasteiger partial charge in [0.2, 0.25) is 0 Å². The summed E-state index contributed by atoms with van der Waals surface area (Å²) in [5.41, 5.74) is 31.0. The molecule has 8 heteroatoms. The second-order valence-corrected chi connectivity index (χ2v) is 43.4. The summed E-state index contributed by atoms with van der Waals surface area (Å²) in [6, 6.07) is 145. The average molecular weight is 1620 g/mol. The topological polar surface area (TPSA) is 0 Å². The van der Waals surface area contributed by atoms with E-state index >= 15 is 0 Å². The second kappa shape index (κ2) is 43.6. The third kappa shape index (κ3) is 23.2. The van der Waals surface area contributed by atoms with Crippen molar-refractivity contribution in [3.8, 4) is 134 Å². The van der Waals surface area contributed by atoms with Crippen molar-refractivity contribution in [3.63, 3.8) is 0 Å². The zero-order valence-electron chi connectivity index (χ0n) is 58.9. The smallest absolute Gasteiger partial charge is 0.0587 e. The molecule has 0 spiro atoms. The van der Waals surface area contributed by atoms with Crippen LogP contribution in [0.15, 0.2) is 413 Å². The number of hydrogen-bond acceptors (Lipinski definition) is 0. The van der Waals surface area contributed by atoms with Gasteiger partial charge in [-0.25, -0.2) is 0 Å². The molecule has 104 heavy (non-hydrogen) atoms. The molecule has 0 fully saturated rings. The fourth-order valence-corrected chi connectivity index (χ4v) is 12.3. The summed E-state index contributed by atoms with van der Waals surface area (Å²) in [5.74, 6) is 0. The van der Waals surface area contributed by atoms with Gasteiger partial charge in [0.05, 0.1) is 0 Å². The van der Waals surface area contributed by atoms with Gasteiger partial charge in [-0.2, -0.15) is 0 Å². The molecule has 0 radical (unpaired) electrons. The van der Waals surface area contributed by atoms with Crippen LogP contribution in [0.2, 0.25) is 26.2 Å². The third-order valence-electron chi connectivity index (χ3n) is 16.7. The monoisotopic (exact) mass is 1610 g/mol. The summed E-state index contributed by atoms with van der Waals surface area (Å²) in [5, 5.41) is 0. The summed E-state index contributed by atoms with van der Waals surface area (Å²) < 4.78 is 0. The normalized spacial score (nSPS) is 9.92. The SMILES string of the molecule is C[Si](C)=[Zr+2].C[Si](C)=[Zr+2].Cl.Cl.Cl.Cl.c1ccc(-c2c[cH-]c(-c3ccccc3)c2-c2ccccc2)cc1.c1ccc(-c2c[cH-]c(-c3ccccc3)c2-c2ccccc2)cc1.c1ccc(-c2cc(-c3ccccc3)c(-c3ccccc3)[cH-]2)cc1.c1ccc(-c2cc(-c3ccccc3)c(-c3ccccc3)[cH-]2)cc1. The molecule has 0 nitrogen and oxygen atoms in total. The average Bonchev–Trinajstić information content (AvgIpc) is 1.62. The Morgan fingerprint density at radius 2 is 0.365 bits per heavy atom. The first kappa shape index (κ1) is 82.7. The Morgan fingerprint density at radius 3 is 0.577 bits per heavy atom. The van der Waals surface area contributed by atoms with Crippen LogP contribution in [0, 0.1) is 0 Å². The summed E-state index contributed by atoms with van der Waals surface area (Å²) in [6.45, 7) is 9.23. The summed E-state index contributed by atoms with van der Waals surface area (Å²) in [4.78, 5) is 0. The zero-order chi connectivity index (χ0) is 69.1. The van der Waals surface area contributed by atoms with Gasteiger partial charge in [-0.3, -0.25) is 0 Å². The molecule has 0 bridgehead atoms. The summed E-state index contributed by atoms with van der Waals surface area (Å²) >= 11 is 3.48. The standard InChI is InChI=1S/4C23H17.2C2H6Si.4ClH.2Zr/c2*1-4-10-18(11-5-1)21-16-22(19-12-6-2-7-13-19)23(17-21)20-14-8-3-9-15-20;2*1-4-10-18(11-5-1)21-16-17-22(19-12-6-2-7-13-19)23(21)20-14-8-3-9-15-20;2*1-3-2;;;;;;/h4*1-17H;2*1-2H3;4*1H;;/q4*-1;;;;;;;2*+2. The summed E-state index contributed by atoms with van der Waals surface area (Å²) in [7, 11) is 0. The van der Waals surface area contributed by atoms with Crippen LogP contribution in [0.5, 0.6) is 0 Å². The van der Waals surface area contributed by atoms with Gasteiger partial charge in [0, 0.05) is 0 Å². The predicted molar refractivity (Wildman–Crippen MR) is 457 cm³/mol. The Morgan fingerprint density at radius 1 is 0.202 bits per heavy atom. The Labute approximate surface area is 672 Å². The second-order valence-electron chi connectivity index (χ2n) is 24.6. The van der Waals surface area contributed by atoms with Gasteiger partial charge < -0.3 is 0 Å². The van der Waals surface area contributed by atoms with Gasteiger partial charge in [0.25, 0.3) is 0 Å². The molecule has 0 unspecified atom stereocenters. The minimum atomic E-state index is 0. The van der Waals surface area contributed by atoms with Crippen molar-refractivity contribution in [1.82, 2.24) is 0 Å². The van der Waals surface area contributed by atoms with E-state index < -0.39 is 0 Å². The van der Waals surface area contributed by atoms with Crippen LogP contribution < -0.4 is 0 Å². The Balaban J connectivity index is 0.000000185. The van der Waals surface area contributed by atoms with Gasteiger partial charge in [-0.1, -0.05) is 431 Å². The number of benzene rings is 12. The van der Waals surface area contributed by atoms with Crippen LogP contribution >= 0.6 is 49.6 Å². The molecule has 0 saturated heterocycles. The van der Waals surface area contributed by atoms with E-state index in [0.717, 1.165) is 0 Å². The van der Waals surface area contributed by atoms with Gasteiger partial charge >= 0.3 is 83.7 Å². The maximum absolute atomic E-state index is 2.31. The van der Waals surface area contributed by atoms with Crippen molar-refractivity contribution >= 4 is 60.5 Å². The van der Waals surface area contributed by atoms with E-state index in [0.29, 0.717) is 0 Å². The molecular formula is C96H84Cl4Si2Zr2. The maximum atomic E-state index is 2.31. The maximum Gasteiger partial charge on any atom is -0.0587 e. The van der Waals surface area contributed by atoms with Crippen molar-refractivity contribution in [2.45, 2.75) is 26.2 Å². The first-order valence-electron chi connectivity index (χ1n) is 34.1. The third-order valence-corrected chi connectivity index (χ3v) is 16.7. The Hall–Kier alpha value is -8.60. The quantitative estimate of drug-likeness (QED) is 0.0845. The van der Waals surface area contributed by atoms with Gasteiger partial charge in [0.15, 0.2) is 0 Å². The van der Waals surface area contributed by atoms with E-state index in [1.807, 2.05) is 0 Å². The number of rotatable bonds is 12.